The fraction of sp³-hybridized carbons (Fsp3) is 0.227. The summed E-state index contributed by atoms with van der Waals surface area (Å²) in [5.74, 6) is -0.521. The number of nitro groups is 1. The summed E-state index contributed by atoms with van der Waals surface area (Å²) in [5, 5.41) is 13.3. The van der Waals surface area contributed by atoms with E-state index in [0.717, 1.165) is 16.2 Å². The van der Waals surface area contributed by atoms with Gasteiger partial charge in [-0.15, -0.1) is 11.3 Å². The Morgan fingerprint density at radius 2 is 2.03 bits per heavy atom. The van der Waals surface area contributed by atoms with E-state index in [1.165, 1.54) is 28.0 Å². The number of ether oxygens (including phenoxy) is 1. The van der Waals surface area contributed by atoms with Crippen molar-refractivity contribution in [2.24, 2.45) is 4.99 Å². The lowest BCUT2D eigenvalue weighted by atomic mass is 10.0. The van der Waals surface area contributed by atoms with Crippen molar-refractivity contribution in [3.63, 3.8) is 0 Å². The Morgan fingerprint density at radius 3 is 2.69 bits per heavy atom. The molecule has 10 heteroatoms. The highest BCUT2D eigenvalue weighted by molar-refractivity contribution is 7.10. The SMILES string of the molecule is CC1=C(C(=O)OC(C)C)[C@@H](c2cccs2)n2c(s/c(=C\c3ccccc3[N+](=O)[O-])c2=O)=N1. The number of carbonyl (C=O) groups excluding carboxylic acids is 1. The highest BCUT2D eigenvalue weighted by Crippen LogP contribution is 2.33. The molecule has 0 spiro atoms. The topological polar surface area (TPSA) is 104 Å². The van der Waals surface area contributed by atoms with Gasteiger partial charge in [-0.25, -0.2) is 9.79 Å². The van der Waals surface area contributed by atoms with E-state index in [9.17, 15) is 19.7 Å². The van der Waals surface area contributed by atoms with Gasteiger partial charge in [-0.3, -0.25) is 19.5 Å². The van der Waals surface area contributed by atoms with Gasteiger partial charge in [-0.2, -0.15) is 0 Å². The zero-order valence-electron chi connectivity index (χ0n) is 17.5. The van der Waals surface area contributed by atoms with Gasteiger partial charge < -0.3 is 4.74 Å². The molecule has 3 aromatic rings. The molecule has 0 unspecified atom stereocenters. The number of esters is 1. The van der Waals surface area contributed by atoms with E-state index in [1.807, 2.05) is 17.5 Å². The maximum atomic E-state index is 13.4. The molecular formula is C22H19N3O5S2. The summed E-state index contributed by atoms with van der Waals surface area (Å²) in [6.07, 6.45) is 1.17. The van der Waals surface area contributed by atoms with E-state index < -0.39 is 16.9 Å². The Bertz CT molecular complexity index is 1410. The first-order chi connectivity index (χ1) is 15.3. The number of benzene rings is 1. The molecule has 3 heterocycles. The van der Waals surface area contributed by atoms with Crippen LogP contribution in [0.3, 0.4) is 0 Å². The van der Waals surface area contributed by atoms with E-state index in [0.29, 0.717) is 26.2 Å². The van der Waals surface area contributed by atoms with Gasteiger partial charge in [-0.1, -0.05) is 29.5 Å². The first-order valence-electron chi connectivity index (χ1n) is 9.78. The fourth-order valence-corrected chi connectivity index (χ4v) is 5.35. The summed E-state index contributed by atoms with van der Waals surface area (Å²) in [5.41, 5.74) is 0.655. The van der Waals surface area contributed by atoms with Crippen LogP contribution in [0.4, 0.5) is 5.69 Å². The quantitative estimate of drug-likeness (QED) is 0.324. The first-order valence-corrected chi connectivity index (χ1v) is 11.5. The van der Waals surface area contributed by atoms with E-state index in [4.69, 9.17) is 4.74 Å². The van der Waals surface area contributed by atoms with Gasteiger partial charge >= 0.3 is 5.97 Å². The molecule has 4 rings (SSSR count). The monoisotopic (exact) mass is 469 g/mol. The Labute approximate surface area is 190 Å². The predicted octanol–water partition coefficient (Wildman–Crippen LogP) is 3.16. The largest absolute Gasteiger partial charge is 0.459 e. The van der Waals surface area contributed by atoms with Crippen LogP contribution in [-0.2, 0) is 9.53 Å². The lowest BCUT2D eigenvalue weighted by molar-refractivity contribution is -0.385. The molecule has 0 N–H and O–H groups in total. The lowest BCUT2D eigenvalue weighted by Crippen LogP contribution is -2.39. The third-order valence-electron chi connectivity index (χ3n) is 4.82. The van der Waals surface area contributed by atoms with Crippen molar-refractivity contribution in [3.8, 4) is 0 Å². The van der Waals surface area contributed by atoms with Crippen molar-refractivity contribution in [3.05, 3.63) is 93.3 Å². The van der Waals surface area contributed by atoms with Gasteiger partial charge in [0.25, 0.3) is 11.2 Å². The zero-order chi connectivity index (χ0) is 23.0. The highest BCUT2D eigenvalue weighted by Gasteiger charge is 2.34. The Kier molecular flexibility index (Phi) is 5.90. The van der Waals surface area contributed by atoms with Crippen LogP contribution < -0.4 is 14.9 Å². The molecule has 0 saturated carbocycles. The normalized spacial score (nSPS) is 16.1. The number of nitro benzene ring substituents is 1. The molecule has 0 fully saturated rings. The third-order valence-corrected chi connectivity index (χ3v) is 6.72. The Morgan fingerprint density at radius 1 is 1.28 bits per heavy atom. The lowest BCUT2D eigenvalue weighted by Gasteiger charge is -2.24. The standard InChI is InChI=1S/C22H19N3O5S2/c1-12(2)30-21(27)18-13(3)23-22-24(19(18)16-9-6-10-31-16)20(26)17(32-22)11-14-7-4-5-8-15(14)25(28)29/h4-12,19H,1-3H3/b17-11-/t19-/m1/s1. The molecule has 1 atom stereocenters. The molecule has 0 aliphatic carbocycles. The predicted molar refractivity (Wildman–Crippen MR) is 122 cm³/mol. The van der Waals surface area contributed by atoms with Crippen molar-refractivity contribution >= 4 is 40.4 Å². The maximum absolute atomic E-state index is 13.4. The highest BCUT2D eigenvalue weighted by atomic mass is 32.1. The van der Waals surface area contributed by atoms with Gasteiger partial charge in [0.05, 0.1) is 32.4 Å². The second-order valence-corrected chi connectivity index (χ2v) is 9.36. The van der Waals surface area contributed by atoms with E-state index in [1.54, 1.807) is 39.0 Å². The van der Waals surface area contributed by atoms with Gasteiger partial charge in [0, 0.05) is 10.9 Å². The molecule has 0 radical (unpaired) electrons. The van der Waals surface area contributed by atoms with Crippen molar-refractivity contribution in [2.75, 3.05) is 0 Å². The number of rotatable bonds is 5. The average Bonchev–Trinajstić information content (AvgIpc) is 3.35. The van der Waals surface area contributed by atoms with Gasteiger partial charge in [-0.05, 0) is 44.4 Å². The smallest absolute Gasteiger partial charge is 0.338 e. The Hall–Kier alpha value is -3.37. The van der Waals surface area contributed by atoms with Crippen LogP contribution in [-0.4, -0.2) is 21.6 Å². The molecule has 2 aromatic heterocycles. The van der Waals surface area contributed by atoms with Crippen molar-refractivity contribution < 1.29 is 14.5 Å². The van der Waals surface area contributed by atoms with Crippen LogP contribution in [0, 0.1) is 10.1 Å². The zero-order valence-corrected chi connectivity index (χ0v) is 19.1. The van der Waals surface area contributed by atoms with Gasteiger partial charge in [0.2, 0.25) is 0 Å². The van der Waals surface area contributed by atoms with Crippen molar-refractivity contribution in [1.29, 1.82) is 0 Å². The van der Waals surface area contributed by atoms with Crippen LogP contribution in [0.1, 0.15) is 37.3 Å². The number of para-hydroxylation sites is 1. The van der Waals surface area contributed by atoms with Crippen LogP contribution >= 0.6 is 22.7 Å². The van der Waals surface area contributed by atoms with Crippen LogP contribution in [0.25, 0.3) is 6.08 Å². The number of thiazole rings is 1. The second-order valence-electron chi connectivity index (χ2n) is 7.37. The summed E-state index contributed by atoms with van der Waals surface area (Å²) in [6, 6.07) is 9.26. The molecule has 32 heavy (non-hydrogen) atoms. The van der Waals surface area contributed by atoms with Gasteiger partial charge in [0.1, 0.15) is 6.04 Å². The molecule has 1 aromatic carbocycles. The number of thiophene rings is 1. The maximum Gasteiger partial charge on any atom is 0.338 e. The summed E-state index contributed by atoms with van der Waals surface area (Å²) in [4.78, 5) is 43.0. The molecular weight excluding hydrogens is 450 g/mol. The molecule has 8 nitrogen and oxygen atoms in total. The summed E-state index contributed by atoms with van der Waals surface area (Å²) in [6.45, 7) is 5.24. The number of aromatic nitrogens is 1. The van der Waals surface area contributed by atoms with Gasteiger partial charge in [0.15, 0.2) is 4.80 Å². The van der Waals surface area contributed by atoms with Crippen LogP contribution in [0.2, 0.25) is 0 Å². The summed E-state index contributed by atoms with van der Waals surface area (Å²) < 4.78 is 7.21. The molecule has 164 valence electrons. The van der Waals surface area contributed by atoms with E-state index in [-0.39, 0.29) is 17.4 Å². The minimum absolute atomic E-state index is 0.0921. The van der Waals surface area contributed by atoms with E-state index in [2.05, 4.69) is 4.99 Å². The first kappa shape index (κ1) is 21.8. The number of nitrogens with zero attached hydrogens (tertiary/aromatic N) is 3. The van der Waals surface area contributed by atoms with Crippen LogP contribution in [0.15, 0.2) is 62.8 Å². The van der Waals surface area contributed by atoms with Crippen molar-refractivity contribution in [1.82, 2.24) is 4.57 Å². The van der Waals surface area contributed by atoms with Crippen molar-refractivity contribution in [2.45, 2.75) is 32.9 Å². The fourth-order valence-electron chi connectivity index (χ4n) is 3.49. The number of fused-ring (bicyclic) bond motifs is 1. The third kappa shape index (κ3) is 3.94. The molecule has 0 bridgehead atoms. The Balaban J connectivity index is 1.94. The number of allylic oxidation sites excluding steroid dienone is 1. The molecule has 0 saturated heterocycles. The summed E-state index contributed by atoms with van der Waals surface area (Å²) in [7, 11) is 0. The summed E-state index contributed by atoms with van der Waals surface area (Å²) >= 11 is 2.56. The molecule has 1 aliphatic rings. The number of hydrogen-bond acceptors (Lipinski definition) is 8. The average molecular weight is 470 g/mol. The molecule has 1 aliphatic heterocycles. The van der Waals surface area contributed by atoms with E-state index >= 15 is 0 Å². The minimum Gasteiger partial charge on any atom is -0.459 e. The number of carbonyl (C=O) groups is 1. The molecule has 0 amide bonds. The van der Waals surface area contributed by atoms with Crippen LogP contribution in [0.5, 0.6) is 0 Å². The minimum atomic E-state index is -0.676. The number of hydrogen-bond donors (Lipinski definition) is 0. The second kappa shape index (κ2) is 8.64.